The van der Waals surface area contributed by atoms with Crippen molar-refractivity contribution in [3.63, 3.8) is 0 Å². The summed E-state index contributed by atoms with van der Waals surface area (Å²) >= 11 is 0. The molecule has 6 aromatic rings. The molecule has 0 radical (unpaired) electrons. The van der Waals surface area contributed by atoms with Crippen molar-refractivity contribution in [2.75, 3.05) is 16.0 Å². The Balaban J connectivity index is 1.33. The van der Waals surface area contributed by atoms with Gasteiger partial charge in [-0.05, 0) is 116 Å². The first-order valence-corrected chi connectivity index (χ1v) is 25.6. The predicted molar refractivity (Wildman–Crippen MR) is 265 cm³/mol. The Morgan fingerprint density at radius 3 is 1.62 bits per heavy atom. The van der Waals surface area contributed by atoms with Gasteiger partial charge in [0, 0.05) is 70.0 Å². The summed E-state index contributed by atoms with van der Waals surface area (Å²) in [5.74, 6) is 0.236. The van der Waals surface area contributed by atoms with Gasteiger partial charge in [-0.15, -0.1) is 0 Å². The van der Waals surface area contributed by atoms with Crippen LogP contribution in [0.25, 0.3) is 33.4 Å². The average Bonchev–Trinajstić information content (AvgIpc) is 3.27. The number of benzene rings is 7. The minimum atomic E-state index is -4.74. The molecule has 0 bridgehead atoms. The van der Waals surface area contributed by atoms with Gasteiger partial charge < -0.3 is 20.4 Å². The third-order valence-electron chi connectivity index (χ3n) is 12.1. The van der Waals surface area contributed by atoms with Gasteiger partial charge in [0.05, 0.1) is 11.0 Å². The van der Waals surface area contributed by atoms with Gasteiger partial charge in [-0.1, -0.05) is 78.9 Å². The van der Waals surface area contributed by atoms with Crippen LogP contribution in [-0.2, 0) is 43.4 Å². The van der Waals surface area contributed by atoms with E-state index in [4.69, 9.17) is 9.41 Å². The van der Waals surface area contributed by atoms with Crippen LogP contribution in [0.2, 0.25) is 0 Å². The molecule has 0 spiro atoms. The van der Waals surface area contributed by atoms with Crippen LogP contribution in [0.4, 0.5) is 28.4 Å². The van der Waals surface area contributed by atoms with E-state index in [1.54, 1.807) is 83.1 Å². The van der Waals surface area contributed by atoms with Gasteiger partial charge in [-0.2, -0.15) is 25.3 Å². The van der Waals surface area contributed by atoms with E-state index in [2.05, 4.69) is 16.0 Å². The lowest BCUT2D eigenvalue weighted by Gasteiger charge is -2.23. The number of rotatable bonds is 13. The summed E-state index contributed by atoms with van der Waals surface area (Å²) in [6, 6.07) is 35.2. The summed E-state index contributed by atoms with van der Waals surface area (Å²) in [6.45, 7) is 10.8. The molecule has 0 aromatic heterocycles. The van der Waals surface area contributed by atoms with Crippen LogP contribution in [0.15, 0.2) is 145 Å². The molecule has 1 aliphatic heterocycles. The molecule has 1 aliphatic carbocycles. The summed E-state index contributed by atoms with van der Waals surface area (Å²) in [6.07, 6.45) is 0. The Kier molecular flexibility index (Phi) is 12.8. The Hall–Kier alpha value is -6.86. The quantitative estimate of drug-likeness (QED) is 0.0468. The van der Waals surface area contributed by atoms with Gasteiger partial charge in [0.2, 0.25) is 0 Å². The molecule has 350 valence electrons. The lowest BCUT2D eigenvalue weighted by atomic mass is 9.93. The van der Waals surface area contributed by atoms with Crippen molar-refractivity contribution in [3.05, 3.63) is 171 Å². The van der Waals surface area contributed by atoms with Gasteiger partial charge >= 0.3 is 0 Å². The van der Waals surface area contributed by atoms with Crippen LogP contribution in [0.5, 0.6) is 0 Å². The molecular formula is C51H48N4O10S3. The topological polar surface area (TPSA) is 225 Å². The van der Waals surface area contributed by atoms with E-state index in [9.17, 15) is 38.9 Å². The molecule has 68 heavy (non-hydrogen) atoms. The Morgan fingerprint density at radius 1 is 0.515 bits per heavy atom. The summed E-state index contributed by atoms with van der Waals surface area (Å²) in [7, 11) is -14.2. The number of nitrogens with zero attached hydrogens (tertiary/aromatic N) is 1. The van der Waals surface area contributed by atoms with E-state index in [-0.39, 0.29) is 48.4 Å². The van der Waals surface area contributed by atoms with Crippen molar-refractivity contribution in [1.29, 1.82) is 0 Å². The van der Waals surface area contributed by atoms with E-state index < -0.39 is 30.4 Å². The first-order chi connectivity index (χ1) is 32.1. The van der Waals surface area contributed by atoms with Crippen LogP contribution >= 0.6 is 0 Å². The van der Waals surface area contributed by atoms with Crippen LogP contribution in [0.1, 0.15) is 44.5 Å². The molecule has 0 saturated heterocycles. The van der Waals surface area contributed by atoms with E-state index in [0.717, 1.165) is 11.1 Å². The fourth-order valence-electron chi connectivity index (χ4n) is 9.10. The fourth-order valence-corrected chi connectivity index (χ4v) is 11.7. The molecule has 6 N–H and O–H groups in total. The fraction of sp³-hybridized carbons (Fsp3) is 0.157. The van der Waals surface area contributed by atoms with Crippen LogP contribution < -0.4 is 21.3 Å². The number of nitrogens with one attached hydrogen (secondary N) is 3. The third-order valence-corrected chi connectivity index (χ3v) is 15.3. The first-order valence-electron chi connectivity index (χ1n) is 21.3. The molecule has 2 aliphatic rings. The molecule has 0 amide bonds. The van der Waals surface area contributed by atoms with Gasteiger partial charge in [-0.3, -0.25) is 13.7 Å². The van der Waals surface area contributed by atoms with Gasteiger partial charge in [0.25, 0.3) is 30.4 Å². The normalized spacial score (nSPS) is 12.5. The predicted octanol–water partition coefficient (Wildman–Crippen LogP) is 11.0. The van der Waals surface area contributed by atoms with Crippen LogP contribution in [0, 0.1) is 41.5 Å². The molecule has 0 unspecified atom stereocenters. The highest BCUT2D eigenvalue weighted by Gasteiger charge is 2.28. The standard InChI is InChI=1S/C51H48N4O10S3/c1-29-46(52-27-35-15-9-7-10-16-35)31(3)50(67(59,60)61)33(5)48(29)54-37-21-23-39-42(25-37)65-43-26-38(22-24-40(43)45(39)41-19-13-14-20-44(41)66(56,57)58)55-49-30(2)47(53-28-36-17-11-8-12-18-36)32(4)51(34(49)6)68(62,63)64/h7-26,52-54H,27-28H2,1-6H3,(H,56,57,58)(H,59,60,61)(H,62,63,64). The van der Waals surface area contributed by atoms with Crippen LogP contribution in [0.3, 0.4) is 0 Å². The second-order valence-electron chi connectivity index (χ2n) is 16.6. The Morgan fingerprint density at radius 2 is 1.04 bits per heavy atom. The number of hydrogen-bond acceptors (Lipinski definition) is 11. The smallest absolute Gasteiger partial charge is 0.295 e. The lowest BCUT2D eigenvalue weighted by Crippen LogP contribution is -2.12. The van der Waals surface area contributed by atoms with Gasteiger partial charge in [-0.25, -0.2) is 4.99 Å². The molecule has 8 rings (SSSR count). The summed E-state index contributed by atoms with van der Waals surface area (Å²) < 4.78 is 115. The summed E-state index contributed by atoms with van der Waals surface area (Å²) in [4.78, 5) is 4.06. The average molecular weight is 973 g/mol. The molecule has 17 heteroatoms. The minimum absolute atomic E-state index is 0.181. The molecular weight excluding hydrogens is 925 g/mol. The van der Waals surface area contributed by atoms with E-state index in [0.29, 0.717) is 80.0 Å². The zero-order valence-electron chi connectivity index (χ0n) is 37.8. The van der Waals surface area contributed by atoms with Crippen molar-refractivity contribution < 1.29 is 43.3 Å². The maximum absolute atomic E-state index is 12.9. The zero-order valence-corrected chi connectivity index (χ0v) is 40.3. The van der Waals surface area contributed by atoms with Gasteiger partial charge in [0.1, 0.15) is 26.0 Å². The summed E-state index contributed by atoms with van der Waals surface area (Å²) in [5, 5.41) is 10.8. The highest BCUT2D eigenvalue weighted by Crippen LogP contribution is 2.45. The van der Waals surface area contributed by atoms with E-state index >= 15 is 0 Å². The second-order valence-corrected chi connectivity index (χ2v) is 20.7. The monoisotopic (exact) mass is 972 g/mol. The molecule has 0 saturated carbocycles. The molecule has 0 fully saturated rings. The molecule has 14 nitrogen and oxygen atoms in total. The maximum atomic E-state index is 12.9. The van der Waals surface area contributed by atoms with Crippen molar-refractivity contribution in [2.24, 2.45) is 4.99 Å². The molecule has 6 aromatic carbocycles. The Bertz CT molecular complexity index is 3690. The van der Waals surface area contributed by atoms with Crippen LogP contribution in [-0.4, -0.2) is 38.9 Å². The highest BCUT2D eigenvalue weighted by molar-refractivity contribution is 7.86. The number of hydrogen-bond donors (Lipinski definition) is 6. The van der Waals surface area contributed by atoms with E-state index in [1.807, 2.05) is 67.6 Å². The lowest BCUT2D eigenvalue weighted by molar-refractivity contribution is 0.479. The van der Waals surface area contributed by atoms with Crippen molar-refractivity contribution in [3.8, 4) is 22.5 Å². The third kappa shape index (κ3) is 9.36. The van der Waals surface area contributed by atoms with Gasteiger partial charge in [0.15, 0.2) is 0 Å². The molecule has 1 heterocycles. The maximum Gasteiger partial charge on any atom is 0.295 e. The minimum Gasteiger partial charge on any atom is -0.456 e. The largest absolute Gasteiger partial charge is 0.456 e. The Labute approximate surface area is 395 Å². The highest BCUT2D eigenvalue weighted by atomic mass is 32.2. The van der Waals surface area contributed by atoms with Crippen molar-refractivity contribution in [2.45, 2.75) is 69.3 Å². The zero-order chi connectivity index (χ0) is 48.9. The molecule has 0 atom stereocenters. The first kappa shape index (κ1) is 47.6. The SMILES string of the molecule is Cc1c(N=c2ccc3c(-c4ccccc4S(=O)(=O)O)c4ccc(Nc5c(C)c(NCc6ccccc6)c(C)c(S(=O)(=O)O)c5C)cc4oc-3c2)c(C)c(S(=O)(=O)O)c(C)c1NCc1ccccc1. The van der Waals surface area contributed by atoms with Crippen molar-refractivity contribution >= 4 is 69.8 Å². The van der Waals surface area contributed by atoms with E-state index in [1.165, 1.54) is 12.1 Å². The van der Waals surface area contributed by atoms with Crippen molar-refractivity contribution in [1.82, 2.24) is 0 Å². The second kappa shape index (κ2) is 18.3. The number of fused-ring (bicyclic) bond motifs is 2. The number of anilines is 4. The summed E-state index contributed by atoms with van der Waals surface area (Å²) in [5.41, 5.74) is 7.76.